The SMILES string of the molecule is CCCNCc1ccc(-n2ccc(C(=O)NC)n2)cc1C. The standard InChI is InChI=1S/C16H22N4O/c1-4-8-18-11-13-5-6-14(10-12(13)2)20-9-7-15(19-20)16(21)17-3/h5-7,9-10,18H,4,8,11H2,1-3H3,(H,17,21). The Kier molecular flexibility index (Phi) is 5.11. The van der Waals surface area contributed by atoms with Gasteiger partial charge in [0.1, 0.15) is 0 Å². The van der Waals surface area contributed by atoms with Gasteiger partial charge in [-0.05, 0) is 49.2 Å². The first kappa shape index (κ1) is 15.3. The lowest BCUT2D eigenvalue weighted by Crippen LogP contribution is -2.18. The van der Waals surface area contributed by atoms with E-state index < -0.39 is 0 Å². The maximum absolute atomic E-state index is 11.5. The van der Waals surface area contributed by atoms with E-state index in [1.54, 1.807) is 24.0 Å². The lowest BCUT2D eigenvalue weighted by Gasteiger charge is -2.09. The quantitative estimate of drug-likeness (QED) is 0.799. The second-order valence-corrected chi connectivity index (χ2v) is 5.01. The van der Waals surface area contributed by atoms with Gasteiger partial charge in [-0.15, -0.1) is 0 Å². The van der Waals surface area contributed by atoms with Crippen LogP contribution in [0.5, 0.6) is 0 Å². The Bertz CT molecular complexity index is 618. The van der Waals surface area contributed by atoms with E-state index in [1.165, 1.54) is 11.1 Å². The van der Waals surface area contributed by atoms with Gasteiger partial charge in [-0.1, -0.05) is 13.0 Å². The molecule has 0 bridgehead atoms. The highest BCUT2D eigenvalue weighted by atomic mass is 16.1. The van der Waals surface area contributed by atoms with E-state index in [4.69, 9.17) is 0 Å². The van der Waals surface area contributed by atoms with Crippen molar-refractivity contribution in [2.24, 2.45) is 0 Å². The summed E-state index contributed by atoms with van der Waals surface area (Å²) in [6.07, 6.45) is 2.93. The number of carbonyl (C=O) groups is 1. The molecule has 2 rings (SSSR count). The van der Waals surface area contributed by atoms with Crippen LogP contribution < -0.4 is 10.6 Å². The van der Waals surface area contributed by atoms with Crippen molar-refractivity contribution >= 4 is 5.91 Å². The van der Waals surface area contributed by atoms with Gasteiger partial charge in [-0.2, -0.15) is 5.10 Å². The zero-order valence-corrected chi connectivity index (χ0v) is 12.8. The van der Waals surface area contributed by atoms with E-state index >= 15 is 0 Å². The number of rotatable bonds is 6. The molecule has 0 unspecified atom stereocenters. The number of amides is 1. The van der Waals surface area contributed by atoms with Crippen LogP contribution in [0.25, 0.3) is 5.69 Å². The monoisotopic (exact) mass is 286 g/mol. The molecule has 0 aliphatic heterocycles. The van der Waals surface area contributed by atoms with Gasteiger partial charge < -0.3 is 10.6 Å². The van der Waals surface area contributed by atoms with Gasteiger partial charge in [0.05, 0.1) is 5.69 Å². The Balaban J connectivity index is 2.15. The maximum Gasteiger partial charge on any atom is 0.271 e. The predicted molar refractivity (Wildman–Crippen MR) is 83.7 cm³/mol. The number of hydrogen-bond acceptors (Lipinski definition) is 3. The van der Waals surface area contributed by atoms with Gasteiger partial charge in [-0.25, -0.2) is 4.68 Å². The van der Waals surface area contributed by atoms with Crippen LogP contribution in [0.2, 0.25) is 0 Å². The van der Waals surface area contributed by atoms with E-state index in [-0.39, 0.29) is 5.91 Å². The van der Waals surface area contributed by atoms with E-state index in [9.17, 15) is 4.79 Å². The third-order valence-electron chi connectivity index (χ3n) is 3.38. The van der Waals surface area contributed by atoms with E-state index in [2.05, 4.69) is 41.7 Å². The Morgan fingerprint density at radius 1 is 1.33 bits per heavy atom. The molecule has 0 radical (unpaired) electrons. The van der Waals surface area contributed by atoms with Crippen LogP contribution in [0.3, 0.4) is 0 Å². The summed E-state index contributed by atoms with van der Waals surface area (Å²) in [7, 11) is 1.60. The minimum absolute atomic E-state index is 0.175. The normalized spacial score (nSPS) is 10.6. The Morgan fingerprint density at radius 2 is 2.14 bits per heavy atom. The van der Waals surface area contributed by atoms with Gasteiger partial charge in [0.15, 0.2) is 5.69 Å². The zero-order valence-electron chi connectivity index (χ0n) is 12.8. The lowest BCUT2D eigenvalue weighted by molar-refractivity contribution is 0.0957. The van der Waals surface area contributed by atoms with Crippen molar-refractivity contribution in [2.75, 3.05) is 13.6 Å². The molecule has 0 saturated carbocycles. The number of aromatic nitrogens is 2. The first-order chi connectivity index (χ1) is 10.2. The molecule has 1 amide bonds. The molecule has 0 aliphatic rings. The summed E-state index contributed by atoms with van der Waals surface area (Å²) in [5.41, 5.74) is 3.88. The van der Waals surface area contributed by atoms with Gasteiger partial charge in [-0.3, -0.25) is 4.79 Å². The molecule has 1 heterocycles. The van der Waals surface area contributed by atoms with Crippen LogP contribution in [-0.4, -0.2) is 29.3 Å². The number of nitrogens with zero attached hydrogens (tertiary/aromatic N) is 2. The summed E-state index contributed by atoms with van der Waals surface area (Å²) >= 11 is 0. The Labute approximate surface area is 125 Å². The maximum atomic E-state index is 11.5. The van der Waals surface area contributed by atoms with Crippen LogP contribution >= 0.6 is 0 Å². The van der Waals surface area contributed by atoms with Crippen LogP contribution in [0.1, 0.15) is 35.0 Å². The summed E-state index contributed by atoms with van der Waals surface area (Å²) in [5, 5.41) is 10.3. The minimum atomic E-state index is -0.175. The average Bonchev–Trinajstić information content (AvgIpc) is 2.98. The fraction of sp³-hybridized carbons (Fsp3) is 0.375. The van der Waals surface area contributed by atoms with E-state index in [0.717, 1.165) is 25.2 Å². The summed E-state index contributed by atoms with van der Waals surface area (Å²) < 4.78 is 1.72. The molecular formula is C16H22N4O. The molecule has 112 valence electrons. The number of nitrogens with one attached hydrogen (secondary N) is 2. The van der Waals surface area contributed by atoms with Gasteiger partial charge in [0, 0.05) is 19.8 Å². The smallest absolute Gasteiger partial charge is 0.271 e. The molecule has 2 N–H and O–H groups in total. The largest absolute Gasteiger partial charge is 0.354 e. The molecule has 2 aromatic rings. The number of aryl methyl sites for hydroxylation is 1. The average molecular weight is 286 g/mol. The lowest BCUT2D eigenvalue weighted by atomic mass is 10.1. The summed E-state index contributed by atoms with van der Waals surface area (Å²) in [4.78, 5) is 11.5. The Hall–Kier alpha value is -2.14. The third-order valence-corrected chi connectivity index (χ3v) is 3.38. The molecule has 0 saturated heterocycles. The summed E-state index contributed by atoms with van der Waals surface area (Å²) in [5.74, 6) is -0.175. The fourth-order valence-electron chi connectivity index (χ4n) is 2.14. The van der Waals surface area contributed by atoms with Crippen LogP contribution in [0, 0.1) is 6.92 Å². The minimum Gasteiger partial charge on any atom is -0.354 e. The molecule has 0 atom stereocenters. The van der Waals surface area contributed by atoms with Crippen molar-refractivity contribution in [1.29, 1.82) is 0 Å². The molecule has 1 aromatic heterocycles. The number of hydrogen-bond donors (Lipinski definition) is 2. The van der Waals surface area contributed by atoms with Crippen molar-refractivity contribution in [3.63, 3.8) is 0 Å². The predicted octanol–water partition coefficient (Wildman–Crippen LogP) is 2.04. The van der Waals surface area contributed by atoms with Gasteiger partial charge >= 0.3 is 0 Å². The van der Waals surface area contributed by atoms with E-state index in [0.29, 0.717) is 5.69 Å². The topological polar surface area (TPSA) is 59.0 Å². The fourth-order valence-corrected chi connectivity index (χ4v) is 2.14. The first-order valence-electron chi connectivity index (χ1n) is 7.24. The van der Waals surface area contributed by atoms with Crippen molar-refractivity contribution < 1.29 is 4.79 Å². The van der Waals surface area contributed by atoms with Crippen molar-refractivity contribution in [1.82, 2.24) is 20.4 Å². The van der Waals surface area contributed by atoms with Crippen molar-refractivity contribution in [2.45, 2.75) is 26.8 Å². The van der Waals surface area contributed by atoms with Crippen LogP contribution in [0.4, 0.5) is 0 Å². The molecule has 5 heteroatoms. The molecule has 5 nitrogen and oxygen atoms in total. The Morgan fingerprint density at radius 3 is 2.81 bits per heavy atom. The van der Waals surface area contributed by atoms with Crippen molar-refractivity contribution in [3.8, 4) is 5.69 Å². The molecule has 1 aromatic carbocycles. The highest BCUT2D eigenvalue weighted by molar-refractivity contribution is 5.91. The number of carbonyl (C=O) groups excluding carboxylic acids is 1. The van der Waals surface area contributed by atoms with E-state index in [1.807, 2.05) is 6.07 Å². The second kappa shape index (κ2) is 7.04. The summed E-state index contributed by atoms with van der Waals surface area (Å²) in [6, 6.07) is 7.93. The molecular weight excluding hydrogens is 264 g/mol. The third kappa shape index (κ3) is 3.70. The van der Waals surface area contributed by atoms with Crippen LogP contribution in [0.15, 0.2) is 30.5 Å². The zero-order chi connectivity index (χ0) is 15.2. The summed E-state index contributed by atoms with van der Waals surface area (Å²) in [6.45, 7) is 6.15. The molecule has 0 spiro atoms. The highest BCUT2D eigenvalue weighted by Crippen LogP contribution is 2.14. The molecule has 0 aliphatic carbocycles. The van der Waals surface area contributed by atoms with Crippen molar-refractivity contribution in [3.05, 3.63) is 47.3 Å². The molecule has 21 heavy (non-hydrogen) atoms. The molecule has 0 fully saturated rings. The second-order valence-electron chi connectivity index (χ2n) is 5.01. The van der Waals surface area contributed by atoms with Crippen LogP contribution in [-0.2, 0) is 6.54 Å². The number of benzene rings is 1. The van der Waals surface area contributed by atoms with Gasteiger partial charge in [0.25, 0.3) is 5.91 Å². The highest BCUT2D eigenvalue weighted by Gasteiger charge is 2.08. The first-order valence-corrected chi connectivity index (χ1v) is 7.24. The van der Waals surface area contributed by atoms with Gasteiger partial charge in [0.2, 0.25) is 0 Å².